The van der Waals surface area contributed by atoms with Crippen molar-refractivity contribution in [3.05, 3.63) is 0 Å². The van der Waals surface area contributed by atoms with Crippen LogP contribution in [0.4, 0.5) is 0 Å². The minimum absolute atomic E-state index is 0.138. The highest BCUT2D eigenvalue weighted by Gasteiger charge is 2.27. The molecular formula is C9H19NO5S. The van der Waals surface area contributed by atoms with Gasteiger partial charge in [-0.2, -0.15) is 4.72 Å². The Morgan fingerprint density at radius 1 is 1.31 bits per heavy atom. The van der Waals surface area contributed by atoms with E-state index >= 15 is 0 Å². The predicted molar refractivity (Wildman–Crippen MR) is 59.5 cm³/mol. The first-order valence-corrected chi connectivity index (χ1v) is 6.72. The van der Waals surface area contributed by atoms with Gasteiger partial charge in [0.05, 0.1) is 11.9 Å². The highest BCUT2D eigenvalue weighted by Crippen LogP contribution is 2.04. The third kappa shape index (κ3) is 6.04. The van der Waals surface area contributed by atoms with Crippen LogP contribution in [0.5, 0.6) is 0 Å². The smallest absolute Gasteiger partial charge is 0.324 e. The van der Waals surface area contributed by atoms with Gasteiger partial charge in [0.25, 0.3) is 0 Å². The minimum Gasteiger partial charge on any atom is -0.480 e. The number of aliphatic carboxylic acids is 1. The van der Waals surface area contributed by atoms with Crippen LogP contribution in [0.15, 0.2) is 0 Å². The molecule has 0 unspecified atom stereocenters. The highest BCUT2D eigenvalue weighted by molar-refractivity contribution is 7.89. The van der Waals surface area contributed by atoms with E-state index in [0.29, 0.717) is 6.42 Å². The van der Waals surface area contributed by atoms with Crippen molar-refractivity contribution in [1.82, 2.24) is 4.72 Å². The average molecular weight is 253 g/mol. The van der Waals surface area contributed by atoms with Crippen LogP contribution in [0, 0.1) is 5.92 Å². The molecule has 0 aromatic carbocycles. The molecule has 0 heterocycles. The molecule has 0 fully saturated rings. The number of carboxylic acid groups (broad SMARTS) is 1. The van der Waals surface area contributed by atoms with Crippen LogP contribution in [0.3, 0.4) is 0 Å². The van der Waals surface area contributed by atoms with E-state index in [2.05, 4.69) is 0 Å². The van der Waals surface area contributed by atoms with Gasteiger partial charge in [-0.05, 0) is 19.3 Å². The summed E-state index contributed by atoms with van der Waals surface area (Å²) >= 11 is 0. The zero-order valence-electron chi connectivity index (χ0n) is 9.67. The summed E-state index contributed by atoms with van der Waals surface area (Å²) in [6.07, 6.45) is -0.826. The number of nitrogens with one attached hydrogen (secondary N) is 1. The van der Waals surface area contributed by atoms with E-state index in [1.165, 1.54) is 6.92 Å². The Morgan fingerprint density at radius 3 is 2.12 bits per heavy atom. The molecule has 0 aromatic rings. The van der Waals surface area contributed by atoms with Crippen LogP contribution in [0.1, 0.15) is 27.2 Å². The normalized spacial score (nSPS) is 16.1. The second kappa shape index (κ2) is 6.17. The van der Waals surface area contributed by atoms with Crippen LogP contribution in [-0.2, 0) is 14.8 Å². The Hall–Kier alpha value is -0.660. The summed E-state index contributed by atoms with van der Waals surface area (Å²) in [5, 5.41) is 17.8. The first-order chi connectivity index (χ1) is 7.15. The molecule has 0 amide bonds. The second-order valence-corrected chi connectivity index (χ2v) is 6.05. The molecule has 7 heteroatoms. The van der Waals surface area contributed by atoms with E-state index in [1.807, 2.05) is 18.6 Å². The summed E-state index contributed by atoms with van der Waals surface area (Å²) in [6.45, 7) is 4.97. The number of carboxylic acids is 1. The molecule has 0 spiro atoms. The van der Waals surface area contributed by atoms with Gasteiger partial charge >= 0.3 is 5.97 Å². The summed E-state index contributed by atoms with van der Waals surface area (Å²) in [4.78, 5) is 10.7. The lowest BCUT2D eigenvalue weighted by Crippen LogP contribution is -2.48. The van der Waals surface area contributed by atoms with Crippen molar-refractivity contribution in [2.45, 2.75) is 39.3 Å². The molecule has 0 saturated carbocycles. The van der Waals surface area contributed by atoms with Gasteiger partial charge in [-0.1, -0.05) is 13.8 Å². The Labute approximate surface area is 95.7 Å². The molecule has 96 valence electrons. The van der Waals surface area contributed by atoms with Gasteiger partial charge in [-0.25, -0.2) is 8.42 Å². The van der Waals surface area contributed by atoms with Crippen LogP contribution >= 0.6 is 0 Å². The number of aliphatic hydroxyl groups is 1. The molecule has 0 aliphatic rings. The lowest BCUT2D eigenvalue weighted by molar-refractivity contribution is -0.141. The second-order valence-electron chi connectivity index (χ2n) is 4.18. The van der Waals surface area contributed by atoms with Gasteiger partial charge < -0.3 is 10.2 Å². The van der Waals surface area contributed by atoms with Gasteiger partial charge in [0, 0.05) is 0 Å². The van der Waals surface area contributed by atoms with Crippen LogP contribution in [0.25, 0.3) is 0 Å². The standard InChI is InChI=1S/C9H19NO5S/c1-6(2)4-5-16(14,15)10-8(7(3)11)9(12)13/h6-8,10-11H,4-5H2,1-3H3,(H,12,13)/t7-,8+/m1/s1. The van der Waals surface area contributed by atoms with E-state index in [0.717, 1.165) is 0 Å². The molecule has 16 heavy (non-hydrogen) atoms. The highest BCUT2D eigenvalue weighted by atomic mass is 32.2. The fraction of sp³-hybridized carbons (Fsp3) is 0.889. The maximum atomic E-state index is 11.5. The van der Waals surface area contributed by atoms with Crippen molar-refractivity contribution in [3.63, 3.8) is 0 Å². The zero-order chi connectivity index (χ0) is 12.9. The predicted octanol–water partition coefficient (Wildman–Crippen LogP) is -0.214. The first kappa shape index (κ1) is 15.3. The van der Waals surface area contributed by atoms with Crippen molar-refractivity contribution in [3.8, 4) is 0 Å². The third-order valence-corrected chi connectivity index (χ3v) is 3.41. The zero-order valence-corrected chi connectivity index (χ0v) is 10.5. The Bertz CT molecular complexity index is 323. The number of carbonyl (C=O) groups is 1. The molecule has 0 rings (SSSR count). The minimum atomic E-state index is -3.66. The number of hydrogen-bond donors (Lipinski definition) is 3. The number of sulfonamides is 1. The van der Waals surface area contributed by atoms with Crippen LogP contribution in [0.2, 0.25) is 0 Å². The molecule has 0 aliphatic heterocycles. The summed E-state index contributed by atoms with van der Waals surface area (Å²) < 4.78 is 24.9. The topological polar surface area (TPSA) is 104 Å². The fourth-order valence-corrected chi connectivity index (χ4v) is 2.58. The molecule has 3 N–H and O–H groups in total. The van der Waals surface area contributed by atoms with Crippen molar-refractivity contribution in [2.75, 3.05) is 5.75 Å². The molecule has 0 bridgehead atoms. The molecule has 0 radical (unpaired) electrons. The van der Waals surface area contributed by atoms with Gasteiger partial charge in [-0.3, -0.25) is 4.79 Å². The van der Waals surface area contributed by atoms with Crippen LogP contribution in [-0.4, -0.2) is 42.5 Å². The molecular weight excluding hydrogens is 234 g/mol. The molecule has 6 nitrogen and oxygen atoms in total. The Balaban J connectivity index is 4.49. The van der Waals surface area contributed by atoms with Gasteiger partial charge in [-0.15, -0.1) is 0 Å². The molecule has 0 saturated heterocycles. The number of hydrogen-bond acceptors (Lipinski definition) is 4. The molecule has 0 aromatic heterocycles. The monoisotopic (exact) mass is 253 g/mol. The SMILES string of the molecule is CC(C)CCS(=O)(=O)N[C@H](C(=O)O)[C@@H](C)O. The van der Waals surface area contributed by atoms with E-state index in [-0.39, 0.29) is 11.7 Å². The van der Waals surface area contributed by atoms with Crippen molar-refractivity contribution >= 4 is 16.0 Å². The lowest BCUT2D eigenvalue weighted by Gasteiger charge is -2.17. The van der Waals surface area contributed by atoms with E-state index in [9.17, 15) is 13.2 Å². The van der Waals surface area contributed by atoms with Crippen molar-refractivity contribution in [1.29, 1.82) is 0 Å². The fourth-order valence-electron chi connectivity index (χ4n) is 0.998. The first-order valence-electron chi connectivity index (χ1n) is 5.06. The van der Waals surface area contributed by atoms with E-state index < -0.39 is 28.1 Å². The summed E-state index contributed by atoms with van der Waals surface area (Å²) in [6, 6.07) is -1.49. The van der Waals surface area contributed by atoms with Crippen molar-refractivity contribution < 1.29 is 23.4 Å². The number of rotatable bonds is 7. The molecule has 0 aliphatic carbocycles. The summed E-state index contributed by atoms with van der Waals surface area (Å²) in [5.74, 6) is -1.31. The van der Waals surface area contributed by atoms with Crippen LogP contribution < -0.4 is 4.72 Å². The van der Waals surface area contributed by atoms with Gasteiger partial charge in [0.15, 0.2) is 0 Å². The number of aliphatic hydroxyl groups excluding tert-OH is 1. The van der Waals surface area contributed by atoms with E-state index in [1.54, 1.807) is 0 Å². The maximum absolute atomic E-state index is 11.5. The van der Waals surface area contributed by atoms with Gasteiger partial charge in [0.1, 0.15) is 6.04 Å². The Morgan fingerprint density at radius 2 is 1.81 bits per heavy atom. The summed E-state index contributed by atoms with van der Waals surface area (Å²) in [5.41, 5.74) is 0. The molecule has 2 atom stereocenters. The van der Waals surface area contributed by atoms with Crippen molar-refractivity contribution in [2.24, 2.45) is 5.92 Å². The van der Waals surface area contributed by atoms with E-state index in [4.69, 9.17) is 10.2 Å². The largest absolute Gasteiger partial charge is 0.480 e. The quantitative estimate of drug-likeness (QED) is 0.582. The maximum Gasteiger partial charge on any atom is 0.324 e. The summed E-state index contributed by atoms with van der Waals surface area (Å²) in [7, 11) is -3.66. The lowest BCUT2D eigenvalue weighted by atomic mass is 10.2. The Kier molecular flexibility index (Phi) is 5.91. The third-order valence-electron chi connectivity index (χ3n) is 2.02. The van der Waals surface area contributed by atoms with Gasteiger partial charge in [0.2, 0.25) is 10.0 Å². The average Bonchev–Trinajstić information content (AvgIpc) is 2.10.